The van der Waals surface area contributed by atoms with Gasteiger partial charge in [0.2, 0.25) is 0 Å². The van der Waals surface area contributed by atoms with Gasteiger partial charge in [-0.25, -0.2) is 14.4 Å². The highest BCUT2D eigenvalue weighted by atomic mass is 35.5. The summed E-state index contributed by atoms with van der Waals surface area (Å²) in [4.78, 5) is 11.6. The Labute approximate surface area is 166 Å². The number of rotatable bonds is 3. The Bertz CT molecular complexity index is 990. The maximum absolute atomic E-state index is 13.6. The number of fused-ring (bicyclic) bond motifs is 1. The van der Waals surface area contributed by atoms with E-state index in [1.54, 1.807) is 12.3 Å². The lowest BCUT2D eigenvalue weighted by Crippen LogP contribution is -2.39. The van der Waals surface area contributed by atoms with E-state index in [9.17, 15) is 4.39 Å². The van der Waals surface area contributed by atoms with E-state index >= 15 is 0 Å². The molecule has 1 N–H and O–H groups in total. The number of hydrogen-bond donors (Lipinski definition) is 1. The Morgan fingerprint density at radius 2 is 2.04 bits per heavy atom. The van der Waals surface area contributed by atoms with Crippen molar-refractivity contribution in [3.63, 3.8) is 0 Å². The van der Waals surface area contributed by atoms with Gasteiger partial charge < -0.3 is 0 Å². The zero-order chi connectivity index (χ0) is 19.1. The van der Waals surface area contributed by atoms with Gasteiger partial charge in [0, 0.05) is 30.9 Å². The van der Waals surface area contributed by atoms with E-state index in [1.165, 1.54) is 6.07 Å². The average Bonchev–Trinajstić information content (AvgIpc) is 3.17. The molecular formula is C19H18Cl2FN5. The molecule has 4 rings (SSSR count). The number of hydrogen-bond acceptors (Lipinski definition) is 4. The van der Waals surface area contributed by atoms with Crippen LogP contribution in [0.15, 0.2) is 24.4 Å². The zero-order valence-corrected chi connectivity index (χ0v) is 16.4. The van der Waals surface area contributed by atoms with Crippen molar-refractivity contribution in [2.24, 2.45) is 0 Å². The summed E-state index contributed by atoms with van der Waals surface area (Å²) in [6.45, 7) is 5.27. The van der Waals surface area contributed by atoms with E-state index in [0.717, 1.165) is 40.5 Å². The van der Waals surface area contributed by atoms with Crippen LogP contribution < -0.4 is 0 Å². The molecule has 0 amide bonds. The summed E-state index contributed by atoms with van der Waals surface area (Å²) in [5.74, 6) is 0.214. The first-order valence-corrected chi connectivity index (χ1v) is 9.42. The average molecular weight is 406 g/mol. The quantitative estimate of drug-likeness (QED) is 0.648. The van der Waals surface area contributed by atoms with Crippen molar-refractivity contribution in [2.45, 2.75) is 39.4 Å². The lowest BCUT2D eigenvalue weighted by Gasteiger charge is -2.35. The standard InChI is InChI=1S/C19H18Cl2FN5/c1-10-7-13-16(24-11(2)25-19(13)15-5-6-23-26-15)9-27(10)8-12-3-4-14(22)18(21)17(12)20/h3-6,10H,7-9H2,1-2H3,(H,23,26). The van der Waals surface area contributed by atoms with E-state index in [4.69, 9.17) is 23.2 Å². The molecule has 140 valence electrons. The van der Waals surface area contributed by atoms with Crippen molar-refractivity contribution in [3.05, 3.63) is 62.9 Å². The van der Waals surface area contributed by atoms with E-state index in [0.29, 0.717) is 13.1 Å². The minimum absolute atomic E-state index is 0.0288. The van der Waals surface area contributed by atoms with Crippen LogP contribution in [-0.4, -0.2) is 31.1 Å². The highest BCUT2D eigenvalue weighted by molar-refractivity contribution is 6.42. The molecule has 0 radical (unpaired) electrons. The Balaban J connectivity index is 1.67. The second-order valence-corrected chi connectivity index (χ2v) is 7.56. The molecule has 1 aliphatic heterocycles. The van der Waals surface area contributed by atoms with Gasteiger partial charge in [0.1, 0.15) is 11.6 Å². The first kappa shape index (κ1) is 18.3. The molecule has 2 aromatic heterocycles. The van der Waals surface area contributed by atoms with E-state index < -0.39 is 5.82 Å². The maximum Gasteiger partial charge on any atom is 0.143 e. The fourth-order valence-corrected chi connectivity index (χ4v) is 3.90. The van der Waals surface area contributed by atoms with Crippen LogP contribution in [0, 0.1) is 12.7 Å². The molecule has 0 bridgehead atoms. The van der Waals surface area contributed by atoms with Crippen LogP contribution in [0.25, 0.3) is 11.4 Å². The predicted molar refractivity (Wildman–Crippen MR) is 103 cm³/mol. The minimum Gasteiger partial charge on any atom is -0.290 e. The molecule has 0 saturated carbocycles. The van der Waals surface area contributed by atoms with Gasteiger partial charge in [-0.15, -0.1) is 0 Å². The van der Waals surface area contributed by atoms with E-state index in [-0.39, 0.29) is 16.1 Å². The number of halogens is 3. The third kappa shape index (κ3) is 3.45. The highest BCUT2D eigenvalue weighted by Crippen LogP contribution is 2.33. The summed E-state index contributed by atoms with van der Waals surface area (Å²) in [6, 6.07) is 5.20. The number of nitrogens with zero attached hydrogens (tertiary/aromatic N) is 4. The third-order valence-corrected chi connectivity index (χ3v) is 5.82. The Hall–Kier alpha value is -2.02. The lowest BCUT2D eigenvalue weighted by atomic mass is 9.95. The smallest absolute Gasteiger partial charge is 0.143 e. The Kier molecular flexibility index (Phi) is 4.88. The number of aromatic nitrogens is 4. The van der Waals surface area contributed by atoms with Crippen molar-refractivity contribution in [1.29, 1.82) is 0 Å². The van der Waals surface area contributed by atoms with Gasteiger partial charge in [0.05, 0.1) is 27.1 Å². The first-order chi connectivity index (χ1) is 12.9. The molecule has 0 saturated heterocycles. The normalized spacial score (nSPS) is 17.1. The number of aryl methyl sites for hydroxylation is 1. The summed E-state index contributed by atoms with van der Waals surface area (Å²) in [7, 11) is 0. The fourth-order valence-electron chi connectivity index (χ4n) is 3.50. The predicted octanol–water partition coefficient (Wildman–Crippen LogP) is 4.57. The monoisotopic (exact) mass is 405 g/mol. The molecule has 1 atom stereocenters. The molecule has 3 aromatic rings. The van der Waals surface area contributed by atoms with Gasteiger partial charge in [-0.2, -0.15) is 5.10 Å². The van der Waals surface area contributed by atoms with E-state index in [2.05, 4.69) is 32.0 Å². The third-order valence-electron chi connectivity index (χ3n) is 4.92. The maximum atomic E-state index is 13.6. The number of nitrogens with one attached hydrogen (secondary N) is 1. The van der Waals surface area contributed by atoms with Crippen molar-refractivity contribution in [1.82, 2.24) is 25.1 Å². The van der Waals surface area contributed by atoms with Crippen molar-refractivity contribution >= 4 is 23.2 Å². The molecule has 1 aliphatic rings. The van der Waals surface area contributed by atoms with Crippen LogP contribution >= 0.6 is 23.2 Å². The van der Waals surface area contributed by atoms with Crippen LogP contribution in [0.1, 0.15) is 29.6 Å². The molecule has 8 heteroatoms. The Morgan fingerprint density at radius 3 is 2.78 bits per heavy atom. The zero-order valence-electron chi connectivity index (χ0n) is 14.9. The summed E-state index contributed by atoms with van der Waals surface area (Å²) in [5.41, 5.74) is 4.74. The Morgan fingerprint density at radius 1 is 1.22 bits per heavy atom. The lowest BCUT2D eigenvalue weighted by molar-refractivity contribution is 0.172. The molecule has 1 aromatic carbocycles. The molecule has 0 spiro atoms. The number of benzene rings is 1. The van der Waals surface area contributed by atoms with E-state index in [1.807, 2.05) is 13.0 Å². The summed E-state index contributed by atoms with van der Waals surface area (Å²) >= 11 is 12.2. The fraction of sp³-hybridized carbons (Fsp3) is 0.316. The molecular weight excluding hydrogens is 388 g/mol. The van der Waals surface area contributed by atoms with Gasteiger partial charge in [0.25, 0.3) is 0 Å². The van der Waals surface area contributed by atoms with Crippen molar-refractivity contribution < 1.29 is 4.39 Å². The first-order valence-electron chi connectivity index (χ1n) is 8.66. The number of H-pyrrole nitrogens is 1. The van der Waals surface area contributed by atoms with Crippen LogP contribution in [0.3, 0.4) is 0 Å². The van der Waals surface area contributed by atoms with Crippen molar-refractivity contribution in [3.8, 4) is 11.4 Å². The minimum atomic E-state index is -0.505. The largest absolute Gasteiger partial charge is 0.290 e. The molecule has 1 unspecified atom stereocenters. The van der Waals surface area contributed by atoms with Crippen molar-refractivity contribution in [2.75, 3.05) is 0 Å². The molecule has 27 heavy (non-hydrogen) atoms. The van der Waals surface area contributed by atoms with Crippen LogP contribution in [-0.2, 0) is 19.5 Å². The van der Waals surface area contributed by atoms with Gasteiger partial charge in [-0.3, -0.25) is 10.00 Å². The van der Waals surface area contributed by atoms with Gasteiger partial charge in [-0.1, -0.05) is 29.3 Å². The second-order valence-electron chi connectivity index (χ2n) is 6.81. The van der Waals surface area contributed by atoms with Gasteiger partial charge in [-0.05, 0) is 38.0 Å². The van der Waals surface area contributed by atoms with Crippen LogP contribution in [0.4, 0.5) is 4.39 Å². The number of aromatic amines is 1. The summed E-state index contributed by atoms with van der Waals surface area (Å²) in [6.07, 6.45) is 2.52. The molecule has 3 heterocycles. The summed E-state index contributed by atoms with van der Waals surface area (Å²) in [5, 5.41) is 7.27. The molecule has 0 aliphatic carbocycles. The summed E-state index contributed by atoms with van der Waals surface area (Å²) < 4.78 is 13.6. The molecule has 0 fully saturated rings. The van der Waals surface area contributed by atoms with Gasteiger partial charge >= 0.3 is 0 Å². The topological polar surface area (TPSA) is 57.7 Å². The second kappa shape index (κ2) is 7.19. The highest BCUT2D eigenvalue weighted by Gasteiger charge is 2.28. The van der Waals surface area contributed by atoms with Crippen LogP contribution in [0.2, 0.25) is 10.0 Å². The SMILES string of the molecule is Cc1nc2c(c(-c3ccn[nH]3)n1)CC(C)N(Cc1ccc(F)c(Cl)c1Cl)C2. The molecule has 5 nitrogen and oxygen atoms in total. The van der Waals surface area contributed by atoms with Gasteiger partial charge in [0.15, 0.2) is 0 Å². The van der Waals surface area contributed by atoms with Crippen LogP contribution in [0.5, 0.6) is 0 Å².